The summed E-state index contributed by atoms with van der Waals surface area (Å²) in [5, 5.41) is 9.15. The highest BCUT2D eigenvalue weighted by Gasteiger charge is 2.12. The highest BCUT2D eigenvalue weighted by Crippen LogP contribution is 2.12. The van der Waals surface area contributed by atoms with Gasteiger partial charge in [0, 0.05) is 6.42 Å². The smallest absolute Gasteiger partial charge is 0.339 e. The average molecular weight is 271 g/mol. The Hall–Kier alpha value is -2.33. The molecule has 104 valence electrons. The van der Waals surface area contributed by atoms with E-state index in [2.05, 4.69) is 0 Å². The van der Waals surface area contributed by atoms with Crippen molar-refractivity contribution < 1.29 is 14.6 Å². The fourth-order valence-electron chi connectivity index (χ4n) is 1.82. The highest BCUT2D eigenvalue weighted by molar-refractivity contribution is 5.89. The Morgan fingerprint density at radius 1 is 1.10 bits per heavy atom. The number of esters is 1. The molecule has 4 nitrogen and oxygen atoms in total. The molecule has 0 aliphatic carbocycles. The number of benzene rings is 2. The van der Waals surface area contributed by atoms with Crippen molar-refractivity contribution in [1.82, 2.24) is 0 Å². The first-order valence-electron chi connectivity index (χ1n) is 6.44. The second-order valence-electron chi connectivity index (χ2n) is 4.51. The molecule has 0 fully saturated rings. The quantitative estimate of drug-likeness (QED) is 0.647. The zero-order chi connectivity index (χ0) is 14.4. The molecule has 0 heterocycles. The van der Waals surface area contributed by atoms with Gasteiger partial charge in [0.1, 0.15) is 5.75 Å². The molecule has 1 unspecified atom stereocenters. The van der Waals surface area contributed by atoms with Crippen molar-refractivity contribution in [3.63, 3.8) is 0 Å². The fraction of sp³-hybridized carbons (Fsp3) is 0.188. The van der Waals surface area contributed by atoms with Gasteiger partial charge in [0.2, 0.25) is 0 Å². The van der Waals surface area contributed by atoms with Crippen LogP contribution >= 0.6 is 0 Å². The zero-order valence-corrected chi connectivity index (χ0v) is 11.0. The van der Waals surface area contributed by atoms with Crippen molar-refractivity contribution in [3.8, 4) is 5.75 Å². The van der Waals surface area contributed by atoms with Gasteiger partial charge in [-0.15, -0.1) is 0 Å². The minimum absolute atomic E-state index is 0.106. The molecule has 1 atom stereocenters. The largest absolute Gasteiger partial charge is 0.508 e. The number of nitrogens with two attached hydrogens (primary N) is 1. The number of ether oxygens (including phenoxy) is 1. The minimum Gasteiger partial charge on any atom is -0.508 e. The summed E-state index contributed by atoms with van der Waals surface area (Å²) in [6.45, 7) is 0. The number of phenols is 1. The Balaban J connectivity index is 1.83. The molecule has 3 N–H and O–H groups in total. The maximum Gasteiger partial charge on any atom is 0.339 e. The molecular formula is C16H17NO3. The minimum atomic E-state index is -0.642. The lowest BCUT2D eigenvalue weighted by molar-refractivity contribution is 0.0298. The van der Waals surface area contributed by atoms with Gasteiger partial charge in [-0.25, -0.2) is 4.79 Å². The Bertz CT molecular complexity index is 552. The molecule has 0 aliphatic heterocycles. The maximum atomic E-state index is 11.8. The van der Waals surface area contributed by atoms with Crippen molar-refractivity contribution in [1.29, 1.82) is 0 Å². The van der Waals surface area contributed by atoms with Crippen LogP contribution < -0.4 is 5.73 Å². The van der Waals surface area contributed by atoms with E-state index in [1.54, 1.807) is 0 Å². The molecule has 0 radical (unpaired) electrons. The third kappa shape index (κ3) is 4.10. The van der Waals surface area contributed by atoms with Gasteiger partial charge >= 0.3 is 5.97 Å². The molecule has 0 saturated carbocycles. The maximum absolute atomic E-state index is 11.8. The average Bonchev–Trinajstić information content (AvgIpc) is 2.47. The summed E-state index contributed by atoms with van der Waals surface area (Å²) in [6, 6.07) is 15.8. The molecule has 0 spiro atoms. The summed E-state index contributed by atoms with van der Waals surface area (Å²) < 4.78 is 5.16. The molecular weight excluding hydrogens is 254 g/mol. The lowest BCUT2D eigenvalue weighted by Gasteiger charge is -2.13. The first kappa shape index (κ1) is 14.1. The van der Waals surface area contributed by atoms with Crippen LogP contribution in [-0.4, -0.2) is 17.3 Å². The Labute approximate surface area is 117 Å². The van der Waals surface area contributed by atoms with Crippen molar-refractivity contribution in [3.05, 3.63) is 65.7 Å². The standard InChI is InChI=1S/C16H17NO3/c17-15(11-6-12-4-2-1-3-5-12)20-16(19)13-7-9-14(18)10-8-13/h1-5,7-10,15,18H,6,11,17H2. The zero-order valence-electron chi connectivity index (χ0n) is 11.0. The number of carbonyl (C=O) groups is 1. The summed E-state index contributed by atoms with van der Waals surface area (Å²) in [4.78, 5) is 11.8. The molecule has 20 heavy (non-hydrogen) atoms. The number of aromatic hydroxyl groups is 1. The Morgan fingerprint density at radius 3 is 2.40 bits per heavy atom. The van der Waals surface area contributed by atoms with Crippen LogP contribution in [0.5, 0.6) is 5.75 Å². The van der Waals surface area contributed by atoms with E-state index in [9.17, 15) is 4.79 Å². The van der Waals surface area contributed by atoms with Crippen LogP contribution in [0.15, 0.2) is 54.6 Å². The summed E-state index contributed by atoms with van der Waals surface area (Å²) in [5.74, 6) is -0.375. The van der Waals surface area contributed by atoms with Gasteiger partial charge in [-0.2, -0.15) is 0 Å². The lowest BCUT2D eigenvalue weighted by Crippen LogP contribution is -2.27. The summed E-state index contributed by atoms with van der Waals surface area (Å²) in [5.41, 5.74) is 7.33. The van der Waals surface area contributed by atoms with Crippen LogP contribution in [0.4, 0.5) is 0 Å². The van der Waals surface area contributed by atoms with E-state index in [-0.39, 0.29) is 5.75 Å². The number of phenolic OH excluding ortho intramolecular Hbond substituents is 1. The molecule has 0 saturated heterocycles. The van der Waals surface area contributed by atoms with Crippen LogP contribution in [0.3, 0.4) is 0 Å². The SMILES string of the molecule is NC(CCc1ccccc1)OC(=O)c1ccc(O)cc1. The number of rotatable bonds is 5. The van der Waals surface area contributed by atoms with E-state index in [4.69, 9.17) is 15.6 Å². The molecule has 0 aliphatic rings. The van der Waals surface area contributed by atoms with Gasteiger partial charge in [0.05, 0.1) is 5.56 Å². The van der Waals surface area contributed by atoms with Crippen molar-refractivity contribution in [2.24, 2.45) is 5.73 Å². The number of aryl methyl sites for hydroxylation is 1. The van der Waals surface area contributed by atoms with E-state index in [0.717, 1.165) is 12.0 Å². The monoisotopic (exact) mass is 271 g/mol. The highest BCUT2D eigenvalue weighted by atomic mass is 16.6. The normalized spacial score (nSPS) is 11.8. The predicted molar refractivity (Wildman–Crippen MR) is 76.3 cm³/mol. The summed E-state index contributed by atoms with van der Waals surface area (Å²) in [6.07, 6.45) is 0.676. The van der Waals surface area contributed by atoms with Crippen LogP contribution in [0.25, 0.3) is 0 Å². The van der Waals surface area contributed by atoms with E-state index in [1.807, 2.05) is 30.3 Å². The Kier molecular flexibility index (Phi) is 4.74. The number of hydrogen-bond acceptors (Lipinski definition) is 4. The predicted octanol–water partition coefficient (Wildman–Crippen LogP) is 2.47. The second-order valence-corrected chi connectivity index (χ2v) is 4.51. The molecule has 0 amide bonds. The van der Waals surface area contributed by atoms with Crippen LogP contribution in [0.2, 0.25) is 0 Å². The van der Waals surface area contributed by atoms with Crippen LogP contribution in [-0.2, 0) is 11.2 Å². The second kappa shape index (κ2) is 6.73. The number of hydrogen-bond donors (Lipinski definition) is 2. The molecule has 0 bridgehead atoms. The van der Waals surface area contributed by atoms with Gasteiger partial charge in [-0.1, -0.05) is 30.3 Å². The van der Waals surface area contributed by atoms with E-state index in [1.165, 1.54) is 24.3 Å². The first-order valence-corrected chi connectivity index (χ1v) is 6.44. The van der Waals surface area contributed by atoms with Gasteiger partial charge in [-0.05, 0) is 36.2 Å². The van der Waals surface area contributed by atoms with Crippen molar-refractivity contribution in [2.45, 2.75) is 19.1 Å². The third-order valence-electron chi connectivity index (χ3n) is 2.92. The van der Waals surface area contributed by atoms with Crippen LogP contribution in [0.1, 0.15) is 22.3 Å². The lowest BCUT2D eigenvalue weighted by atomic mass is 10.1. The molecule has 0 aromatic heterocycles. The van der Waals surface area contributed by atoms with E-state index >= 15 is 0 Å². The first-order chi connectivity index (χ1) is 9.65. The molecule has 2 aromatic rings. The van der Waals surface area contributed by atoms with Gasteiger partial charge < -0.3 is 9.84 Å². The fourth-order valence-corrected chi connectivity index (χ4v) is 1.82. The molecule has 2 rings (SSSR count). The van der Waals surface area contributed by atoms with E-state index < -0.39 is 12.2 Å². The van der Waals surface area contributed by atoms with Gasteiger partial charge in [0.25, 0.3) is 0 Å². The third-order valence-corrected chi connectivity index (χ3v) is 2.92. The number of carbonyl (C=O) groups excluding carboxylic acids is 1. The molecule has 4 heteroatoms. The van der Waals surface area contributed by atoms with Gasteiger partial charge in [0.15, 0.2) is 6.23 Å². The van der Waals surface area contributed by atoms with E-state index in [0.29, 0.717) is 12.0 Å². The van der Waals surface area contributed by atoms with Gasteiger partial charge in [-0.3, -0.25) is 5.73 Å². The summed E-state index contributed by atoms with van der Waals surface area (Å²) >= 11 is 0. The molecule has 2 aromatic carbocycles. The van der Waals surface area contributed by atoms with Crippen molar-refractivity contribution in [2.75, 3.05) is 0 Å². The van der Waals surface area contributed by atoms with Crippen LogP contribution in [0, 0.1) is 0 Å². The van der Waals surface area contributed by atoms with Crippen molar-refractivity contribution >= 4 is 5.97 Å². The topological polar surface area (TPSA) is 72.5 Å². The Morgan fingerprint density at radius 2 is 1.75 bits per heavy atom. The summed E-state index contributed by atoms with van der Waals surface area (Å²) in [7, 11) is 0.